The van der Waals surface area contributed by atoms with Crippen molar-refractivity contribution in [3.63, 3.8) is 0 Å². The van der Waals surface area contributed by atoms with Crippen LogP contribution in [0.5, 0.6) is 5.75 Å². The maximum absolute atomic E-state index is 12.2. The largest absolute Gasteiger partial charge is 0.485 e. The van der Waals surface area contributed by atoms with Crippen LogP contribution in [-0.2, 0) is 14.3 Å². The Hall–Kier alpha value is -2.54. The van der Waals surface area contributed by atoms with Crippen LogP contribution in [0.2, 0.25) is 0 Å². The number of carbonyl (C=O) groups excluding carboxylic acids is 2. The van der Waals surface area contributed by atoms with Crippen molar-refractivity contribution in [3.05, 3.63) is 35.5 Å². The molecule has 0 aliphatic carbocycles. The summed E-state index contributed by atoms with van der Waals surface area (Å²) in [6.07, 6.45) is 1.53. The van der Waals surface area contributed by atoms with Gasteiger partial charge in [-0.25, -0.2) is 4.79 Å². The zero-order valence-electron chi connectivity index (χ0n) is 12.8. The minimum atomic E-state index is -0.421. The lowest BCUT2D eigenvalue weighted by atomic mass is 10.1. The van der Waals surface area contributed by atoms with E-state index in [0.717, 1.165) is 0 Å². The van der Waals surface area contributed by atoms with Crippen molar-refractivity contribution in [2.45, 2.75) is 0 Å². The average Bonchev–Trinajstić information content (AvgIpc) is 2.61. The smallest absolute Gasteiger partial charge is 0.337 e. The molecule has 23 heavy (non-hydrogen) atoms. The summed E-state index contributed by atoms with van der Waals surface area (Å²) in [5.74, 6) is 0.135. The number of anilines is 1. The van der Waals surface area contributed by atoms with E-state index < -0.39 is 5.97 Å². The molecule has 0 atom stereocenters. The van der Waals surface area contributed by atoms with Gasteiger partial charge in [0.15, 0.2) is 0 Å². The van der Waals surface area contributed by atoms with E-state index in [4.69, 9.17) is 14.2 Å². The van der Waals surface area contributed by atoms with Gasteiger partial charge in [0, 0.05) is 19.2 Å². The maximum Gasteiger partial charge on any atom is 0.337 e. The molecule has 1 fully saturated rings. The summed E-state index contributed by atoms with van der Waals surface area (Å²) in [6.45, 7) is 2.58. The van der Waals surface area contributed by atoms with Crippen molar-refractivity contribution < 1.29 is 23.8 Å². The minimum Gasteiger partial charge on any atom is -0.485 e. The molecule has 7 nitrogen and oxygen atoms in total. The number of nitrogens with one attached hydrogen (secondary N) is 1. The van der Waals surface area contributed by atoms with Gasteiger partial charge in [-0.2, -0.15) is 0 Å². The third-order valence-corrected chi connectivity index (χ3v) is 3.70. The van der Waals surface area contributed by atoms with Gasteiger partial charge in [0.05, 0.1) is 37.3 Å². The third-order valence-electron chi connectivity index (χ3n) is 3.70. The number of methoxy groups -OCH3 is 1. The van der Waals surface area contributed by atoms with Crippen LogP contribution in [0.25, 0.3) is 0 Å². The number of hydrogen-bond donors (Lipinski definition) is 1. The zero-order chi connectivity index (χ0) is 16.2. The molecule has 7 heteroatoms. The van der Waals surface area contributed by atoms with Crippen molar-refractivity contribution in [1.29, 1.82) is 0 Å². The van der Waals surface area contributed by atoms with Gasteiger partial charge in [0.2, 0.25) is 5.91 Å². The highest BCUT2D eigenvalue weighted by Crippen LogP contribution is 2.31. The van der Waals surface area contributed by atoms with Crippen LogP contribution in [0.15, 0.2) is 30.0 Å². The van der Waals surface area contributed by atoms with E-state index in [1.54, 1.807) is 23.1 Å². The molecule has 1 saturated heterocycles. The zero-order valence-corrected chi connectivity index (χ0v) is 12.8. The third kappa shape index (κ3) is 3.45. The number of rotatable bonds is 2. The van der Waals surface area contributed by atoms with E-state index in [1.807, 2.05) is 0 Å². The fourth-order valence-corrected chi connectivity index (χ4v) is 2.46. The first-order valence-corrected chi connectivity index (χ1v) is 7.37. The van der Waals surface area contributed by atoms with Gasteiger partial charge in [0.25, 0.3) is 0 Å². The lowest BCUT2D eigenvalue weighted by Gasteiger charge is -2.27. The SMILES string of the molecule is COC(=O)c1ccc2c(c1)N/C(=C\C(=O)N1CCOCC1)CO2. The first kappa shape index (κ1) is 15.4. The molecule has 0 saturated carbocycles. The molecular weight excluding hydrogens is 300 g/mol. The predicted molar refractivity (Wildman–Crippen MR) is 82.4 cm³/mol. The molecule has 0 spiro atoms. The highest BCUT2D eigenvalue weighted by molar-refractivity contribution is 5.92. The molecule has 1 N–H and O–H groups in total. The van der Waals surface area contributed by atoms with Gasteiger partial charge >= 0.3 is 5.97 Å². The summed E-state index contributed by atoms with van der Waals surface area (Å²) in [4.78, 5) is 25.5. The number of hydrogen-bond acceptors (Lipinski definition) is 6. The summed E-state index contributed by atoms with van der Waals surface area (Å²) in [6, 6.07) is 4.99. The summed E-state index contributed by atoms with van der Waals surface area (Å²) in [7, 11) is 1.33. The topological polar surface area (TPSA) is 77.1 Å². The van der Waals surface area contributed by atoms with Gasteiger partial charge in [-0.3, -0.25) is 4.79 Å². The molecule has 1 aromatic rings. The molecule has 0 bridgehead atoms. The van der Waals surface area contributed by atoms with E-state index in [-0.39, 0.29) is 12.5 Å². The Labute approximate surface area is 133 Å². The van der Waals surface area contributed by atoms with Crippen LogP contribution in [0, 0.1) is 0 Å². The summed E-state index contributed by atoms with van der Waals surface area (Å²) < 4.78 is 15.6. The van der Waals surface area contributed by atoms with Crippen molar-refractivity contribution in [2.75, 3.05) is 45.3 Å². The molecule has 122 valence electrons. The number of ether oxygens (including phenoxy) is 3. The number of carbonyl (C=O) groups is 2. The Kier molecular flexibility index (Phi) is 4.47. The molecule has 1 aromatic carbocycles. The quantitative estimate of drug-likeness (QED) is 0.648. The highest BCUT2D eigenvalue weighted by Gasteiger charge is 2.19. The van der Waals surface area contributed by atoms with Gasteiger partial charge in [-0.05, 0) is 18.2 Å². The average molecular weight is 318 g/mol. The number of morpholine rings is 1. The van der Waals surface area contributed by atoms with Gasteiger partial charge < -0.3 is 24.4 Å². The molecule has 2 heterocycles. The van der Waals surface area contributed by atoms with Crippen molar-refractivity contribution in [3.8, 4) is 5.75 Å². The molecule has 3 rings (SSSR count). The molecule has 2 aliphatic heterocycles. The van der Waals surface area contributed by atoms with E-state index in [1.165, 1.54) is 13.2 Å². The monoisotopic (exact) mass is 318 g/mol. The first-order valence-electron chi connectivity index (χ1n) is 7.37. The number of benzene rings is 1. The standard InChI is InChI=1S/C16H18N2O5/c1-21-16(20)11-2-3-14-13(8-11)17-12(10-23-14)9-15(19)18-4-6-22-7-5-18/h2-3,8-9,17H,4-7,10H2,1H3/b12-9-. The second-order valence-electron chi connectivity index (χ2n) is 5.22. The van der Waals surface area contributed by atoms with Gasteiger partial charge in [-0.1, -0.05) is 0 Å². The van der Waals surface area contributed by atoms with Gasteiger partial charge in [0.1, 0.15) is 12.4 Å². The Morgan fingerprint density at radius 3 is 2.83 bits per heavy atom. The molecule has 1 amide bonds. The van der Waals surface area contributed by atoms with Gasteiger partial charge in [-0.15, -0.1) is 0 Å². The molecule has 0 aromatic heterocycles. The predicted octanol–water partition coefficient (Wildman–Crippen LogP) is 1.02. The number of amides is 1. The second-order valence-corrected chi connectivity index (χ2v) is 5.22. The number of fused-ring (bicyclic) bond motifs is 1. The van der Waals surface area contributed by atoms with Crippen LogP contribution in [0.1, 0.15) is 10.4 Å². The maximum atomic E-state index is 12.2. The van der Waals surface area contributed by atoms with Crippen molar-refractivity contribution in [1.82, 2.24) is 4.90 Å². The fourth-order valence-electron chi connectivity index (χ4n) is 2.46. The molecular formula is C16H18N2O5. The Morgan fingerprint density at radius 1 is 1.30 bits per heavy atom. The van der Waals surface area contributed by atoms with E-state index in [9.17, 15) is 9.59 Å². The van der Waals surface area contributed by atoms with Crippen LogP contribution < -0.4 is 10.1 Å². The summed E-state index contributed by atoms with van der Waals surface area (Å²) in [5.41, 5.74) is 1.71. The van der Waals surface area contributed by atoms with Crippen molar-refractivity contribution >= 4 is 17.6 Å². The molecule has 2 aliphatic rings. The Balaban J connectivity index is 1.74. The van der Waals surface area contributed by atoms with Crippen LogP contribution in [0.3, 0.4) is 0 Å². The van der Waals surface area contributed by atoms with Crippen molar-refractivity contribution in [2.24, 2.45) is 0 Å². The normalized spacial score (nSPS) is 18.7. The first-order chi connectivity index (χ1) is 11.2. The second kappa shape index (κ2) is 6.70. The van der Waals surface area contributed by atoms with Crippen LogP contribution in [-0.4, -0.2) is 56.8 Å². The molecule has 0 radical (unpaired) electrons. The minimum absolute atomic E-state index is 0.0769. The van der Waals surface area contributed by atoms with Crippen LogP contribution >= 0.6 is 0 Å². The lowest BCUT2D eigenvalue weighted by molar-refractivity contribution is -0.130. The fraction of sp³-hybridized carbons (Fsp3) is 0.375. The summed E-state index contributed by atoms with van der Waals surface area (Å²) >= 11 is 0. The molecule has 0 unspecified atom stereocenters. The van der Waals surface area contributed by atoms with E-state index >= 15 is 0 Å². The number of nitrogens with zero attached hydrogens (tertiary/aromatic N) is 1. The highest BCUT2D eigenvalue weighted by atomic mass is 16.5. The summed E-state index contributed by atoms with van der Waals surface area (Å²) in [5, 5.41) is 3.14. The lowest BCUT2D eigenvalue weighted by Crippen LogP contribution is -2.40. The Morgan fingerprint density at radius 2 is 2.09 bits per heavy atom. The van der Waals surface area contributed by atoms with E-state index in [2.05, 4.69) is 5.32 Å². The number of esters is 1. The Bertz CT molecular complexity index is 650. The van der Waals surface area contributed by atoms with E-state index in [0.29, 0.717) is 49.0 Å². The van der Waals surface area contributed by atoms with Crippen LogP contribution in [0.4, 0.5) is 5.69 Å².